The second-order valence-electron chi connectivity index (χ2n) is 12.5. The summed E-state index contributed by atoms with van der Waals surface area (Å²) in [4.78, 5) is 12.7. The maximum absolute atomic E-state index is 10.5. The molecule has 0 saturated carbocycles. The van der Waals surface area contributed by atoms with Crippen molar-refractivity contribution in [1.82, 2.24) is 19.5 Å². The Hall–Kier alpha value is -2.05. The number of hydrogen-bond acceptors (Lipinski definition) is 9. The molecule has 2 aromatic rings. The van der Waals surface area contributed by atoms with Crippen LogP contribution in [-0.2, 0) is 13.6 Å². The van der Waals surface area contributed by atoms with Gasteiger partial charge in [-0.15, -0.1) is 0 Å². The summed E-state index contributed by atoms with van der Waals surface area (Å²) in [6, 6.07) is 2.44. The van der Waals surface area contributed by atoms with E-state index in [0.717, 1.165) is 0 Å². The average Bonchev–Trinajstić information content (AvgIpc) is 3.26. The molecule has 2 aromatic heterocycles. The fraction of sp³-hybridized carbons (Fsp3) is 0.739. The van der Waals surface area contributed by atoms with Crippen molar-refractivity contribution in [2.75, 3.05) is 18.1 Å². The number of anilines is 2. The summed E-state index contributed by atoms with van der Waals surface area (Å²) >= 11 is 0. The van der Waals surface area contributed by atoms with E-state index >= 15 is 0 Å². The Morgan fingerprint density at radius 1 is 1.11 bits per heavy atom. The molecule has 3 atom stereocenters. The molecule has 1 saturated heterocycles. The Morgan fingerprint density at radius 2 is 1.71 bits per heavy atom. The van der Waals surface area contributed by atoms with Gasteiger partial charge in [0.2, 0.25) is 11.5 Å². The molecule has 1 fully saturated rings. The lowest BCUT2D eigenvalue weighted by Gasteiger charge is -2.42. The lowest BCUT2D eigenvalue weighted by molar-refractivity contribution is -0.0851. The molecule has 0 aliphatic carbocycles. The Kier molecular flexibility index (Phi) is 6.93. The fourth-order valence-corrected chi connectivity index (χ4v) is 5.87. The number of rotatable bonds is 6. The Labute approximate surface area is 210 Å². The number of ether oxygens (including phenoxy) is 1. The number of nitriles is 1. The number of hydrogen-bond donors (Lipinski definition) is 2. The summed E-state index contributed by atoms with van der Waals surface area (Å²) in [6.07, 6.45) is 1.00. The minimum absolute atomic E-state index is 0.00996. The Bertz CT molecular complexity index is 1130. The zero-order chi connectivity index (χ0) is 26.6. The summed E-state index contributed by atoms with van der Waals surface area (Å²) in [5.41, 5.74) is 11.5. The first-order valence-corrected chi connectivity index (χ1v) is 17.8. The van der Waals surface area contributed by atoms with Crippen molar-refractivity contribution in [3.05, 3.63) is 6.33 Å². The molecule has 10 nitrogen and oxygen atoms in total. The van der Waals surface area contributed by atoms with Gasteiger partial charge in [-0.1, -0.05) is 41.5 Å². The normalized spacial score (nSPS) is 24.1. The van der Waals surface area contributed by atoms with E-state index in [1.54, 1.807) is 10.9 Å². The molecule has 3 heterocycles. The Morgan fingerprint density at radius 3 is 2.26 bits per heavy atom. The van der Waals surface area contributed by atoms with Gasteiger partial charge in [-0.05, 0) is 36.3 Å². The highest BCUT2D eigenvalue weighted by atomic mass is 28.4. The summed E-state index contributed by atoms with van der Waals surface area (Å²) in [7, 11) is -4.39. The molecule has 194 valence electrons. The molecular weight excluding hydrogens is 478 g/mol. The average molecular weight is 520 g/mol. The SMILES string of the molecule is CC(C)(C)[Si](C)(C)OC[C@@]1(C#N)O[C@@H](n2cnc3c(N)nc(N)nc32)C[C@@H]1O[Si](C)(C)C(C)(C)C. The highest BCUT2D eigenvalue weighted by molar-refractivity contribution is 6.74. The summed E-state index contributed by atoms with van der Waals surface area (Å²) in [5, 5.41) is 10.5. The zero-order valence-electron chi connectivity index (χ0n) is 22.8. The van der Waals surface area contributed by atoms with Crippen molar-refractivity contribution in [1.29, 1.82) is 5.26 Å². The number of imidazole rings is 1. The minimum Gasteiger partial charge on any atom is -0.413 e. The van der Waals surface area contributed by atoms with Crippen molar-refractivity contribution in [3.63, 3.8) is 0 Å². The van der Waals surface area contributed by atoms with Crippen LogP contribution >= 0.6 is 0 Å². The third kappa shape index (κ3) is 5.10. The van der Waals surface area contributed by atoms with E-state index in [2.05, 4.69) is 88.8 Å². The maximum atomic E-state index is 10.5. The molecule has 4 N–H and O–H groups in total. The van der Waals surface area contributed by atoms with Crippen LogP contribution in [0.2, 0.25) is 36.3 Å². The molecule has 35 heavy (non-hydrogen) atoms. The van der Waals surface area contributed by atoms with E-state index in [1.165, 1.54) is 0 Å². The van der Waals surface area contributed by atoms with E-state index in [-0.39, 0.29) is 28.4 Å². The molecule has 0 aromatic carbocycles. The van der Waals surface area contributed by atoms with Crippen molar-refractivity contribution >= 4 is 39.6 Å². The lowest BCUT2D eigenvalue weighted by Crippen LogP contribution is -2.54. The molecule has 1 aliphatic heterocycles. The highest BCUT2D eigenvalue weighted by Crippen LogP contribution is 2.46. The maximum Gasteiger partial charge on any atom is 0.224 e. The first-order chi connectivity index (χ1) is 15.8. The smallest absolute Gasteiger partial charge is 0.224 e. The second-order valence-corrected chi connectivity index (χ2v) is 22.1. The number of fused-ring (bicyclic) bond motifs is 1. The van der Waals surface area contributed by atoms with E-state index < -0.39 is 34.6 Å². The molecule has 0 radical (unpaired) electrons. The molecule has 3 rings (SSSR count). The topological polar surface area (TPSA) is 147 Å². The van der Waals surface area contributed by atoms with Crippen molar-refractivity contribution in [3.8, 4) is 6.07 Å². The third-order valence-corrected chi connectivity index (χ3v) is 16.9. The van der Waals surface area contributed by atoms with Gasteiger partial charge in [0.1, 0.15) is 17.8 Å². The van der Waals surface area contributed by atoms with Gasteiger partial charge in [-0.3, -0.25) is 4.57 Å². The van der Waals surface area contributed by atoms with E-state index in [9.17, 15) is 5.26 Å². The van der Waals surface area contributed by atoms with Gasteiger partial charge in [-0.25, -0.2) is 4.98 Å². The predicted octanol–water partition coefficient (Wildman–Crippen LogP) is 4.58. The first kappa shape index (κ1) is 27.5. The van der Waals surface area contributed by atoms with Crippen LogP contribution in [0.5, 0.6) is 0 Å². The summed E-state index contributed by atoms with van der Waals surface area (Å²) < 4.78 is 21.6. The van der Waals surface area contributed by atoms with Crippen molar-refractivity contribution < 1.29 is 13.6 Å². The molecule has 1 aliphatic rings. The van der Waals surface area contributed by atoms with Crippen LogP contribution in [-0.4, -0.2) is 54.5 Å². The van der Waals surface area contributed by atoms with Crippen LogP contribution in [0.25, 0.3) is 11.2 Å². The molecule has 12 heteroatoms. The van der Waals surface area contributed by atoms with Crippen LogP contribution in [0.1, 0.15) is 54.2 Å². The lowest BCUT2D eigenvalue weighted by atomic mass is 10.00. The van der Waals surface area contributed by atoms with E-state index in [1.807, 2.05) is 0 Å². The van der Waals surface area contributed by atoms with Gasteiger partial charge in [0.25, 0.3) is 0 Å². The molecular formula is C23H41N7O3Si2. The van der Waals surface area contributed by atoms with Gasteiger partial charge < -0.3 is 25.1 Å². The predicted molar refractivity (Wildman–Crippen MR) is 142 cm³/mol. The number of nitrogens with two attached hydrogens (primary N) is 2. The molecule has 0 bridgehead atoms. The largest absolute Gasteiger partial charge is 0.413 e. The first-order valence-electron chi connectivity index (χ1n) is 12.0. The van der Waals surface area contributed by atoms with E-state index in [4.69, 9.17) is 25.1 Å². The van der Waals surface area contributed by atoms with Gasteiger partial charge in [-0.2, -0.15) is 15.2 Å². The van der Waals surface area contributed by atoms with Crippen LogP contribution < -0.4 is 11.5 Å². The minimum atomic E-state index is -2.24. The second kappa shape index (κ2) is 8.81. The summed E-state index contributed by atoms with van der Waals surface area (Å²) in [6.45, 7) is 21.9. The van der Waals surface area contributed by atoms with Crippen LogP contribution in [0.4, 0.5) is 11.8 Å². The van der Waals surface area contributed by atoms with Crippen LogP contribution in [0.3, 0.4) is 0 Å². The number of nitrogen functional groups attached to an aromatic ring is 2. The zero-order valence-corrected chi connectivity index (χ0v) is 24.8. The van der Waals surface area contributed by atoms with E-state index in [0.29, 0.717) is 17.6 Å². The molecule has 0 amide bonds. The monoisotopic (exact) mass is 519 g/mol. The van der Waals surface area contributed by atoms with Gasteiger partial charge >= 0.3 is 0 Å². The molecule has 0 unspecified atom stereocenters. The van der Waals surface area contributed by atoms with Crippen LogP contribution in [0.15, 0.2) is 6.33 Å². The summed E-state index contributed by atoms with van der Waals surface area (Å²) in [5.74, 6) is 0.253. The fourth-order valence-electron chi connectivity index (χ4n) is 3.51. The van der Waals surface area contributed by atoms with Gasteiger partial charge in [0.05, 0.1) is 19.0 Å². The molecule has 0 spiro atoms. The number of nitrogens with zero attached hydrogens (tertiary/aromatic N) is 5. The third-order valence-electron chi connectivity index (χ3n) is 7.94. The highest BCUT2D eigenvalue weighted by Gasteiger charge is 2.55. The standard InChI is InChI=1S/C23H41N7O3Si2/c1-21(2,3)34(7,8)31-13-23(12-24)15(33-35(9,10)22(4,5)6)11-16(32-23)30-14-27-17-18(25)28-20(26)29-19(17)30/h14-16H,11,13H2,1-10H3,(H4,25,26,28,29)/t15-,16+,23+/m0/s1. The van der Waals surface area contributed by atoms with Crippen molar-refractivity contribution in [2.24, 2.45) is 0 Å². The van der Waals surface area contributed by atoms with Crippen molar-refractivity contribution in [2.45, 2.75) is 102 Å². The van der Waals surface area contributed by atoms with Crippen LogP contribution in [0, 0.1) is 11.3 Å². The Balaban J connectivity index is 2.03. The van der Waals surface area contributed by atoms with Gasteiger partial charge in [0, 0.05) is 6.42 Å². The van der Waals surface area contributed by atoms with Gasteiger partial charge in [0.15, 0.2) is 28.1 Å². The quantitative estimate of drug-likeness (QED) is 0.523. The number of aromatic nitrogens is 4.